The van der Waals surface area contributed by atoms with E-state index >= 15 is 9.18 Å². The van der Waals surface area contributed by atoms with Crippen LogP contribution in [0.15, 0.2) is 127 Å². The summed E-state index contributed by atoms with van der Waals surface area (Å²) in [5.41, 5.74) is 1.88. The first kappa shape index (κ1) is 38.0. The molecule has 1 N–H and O–H groups in total. The third-order valence-electron chi connectivity index (χ3n) is 12.5. The fraction of sp³-hybridized carbons (Fsp3) is 0.208. The SMILES string of the molecule is COc1ccc(OC)c(C=Cc2ccc(N3C(=O)[C@H]4[C@H](CC=C5[C@H]4C[C@H]4C(=O)N(c6cccc(Cl)c6)C(=O)[C@@]4(c4ccccc4)[C@H]5c4cccc(F)c4O)C3=O)cc2)c1. The number of imide groups is 2. The minimum absolute atomic E-state index is 0.0560. The van der Waals surface area contributed by atoms with Gasteiger partial charge in [0.2, 0.25) is 23.6 Å². The maximum absolute atomic E-state index is 15.4. The van der Waals surface area contributed by atoms with E-state index in [1.165, 1.54) is 17.0 Å². The van der Waals surface area contributed by atoms with Gasteiger partial charge in [0, 0.05) is 22.1 Å². The zero-order valence-electron chi connectivity index (χ0n) is 32.0. The van der Waals surface area contributed by atoms with Crippen LogP contribution in [0.3, 0.4) is 0 Å². The second kappa shape index (κ2) is 14.7. The summed E-state index contributed by atoms with van der Waals surface area (Å²) in [5, 5.41) is 11.8. The largest absolute Gasteiger partial charge is 0.505 e. The highest BCUT2D eigenvalue weighted by Crippen LogP contribution is 2.65. The fourth-order valence-electron chi connectivity index (χ4n) is 10.00. The number of benzene rings is 5. The standard InChI is InChI=1S/C48H38ClFN2O7/c1-58-33-20-23-40(59-2)28(24-33)17-14-27-15-18-31(19-16-27)51-44(54)35-22-21-34-37(41(35)46(51)56)26-38-45(55)52(32-11-6-10-30(49)25-32)47(57)48(38,29-8-4-3-5-9-29)42(34)36-12-7-13-39(50)43(36)53/h3-21,23-25,35,37-38,41-42,53H,22,26H2,1-2H3/t35-,37+,38-,41-,42+,48+/m0/s1. The van der Waals surface area contributed by atoms with Crippen molar-refractivity contribution in [3.63, 3.8) is 0 Å². The van der Waals surface area contributed by atoms with Gasteiger partial charge in [0.25, 0.3) is 0 Å². The van der Waals surface area contributed by atoms with Crippen molar-refractivity contribution in [2.24, 2.45) is 23.7 Å². The van der Waals surface area contributed by atoms with Crippen LogP contribution in [0.2, 0.25) is 5.02 Å². The van der Waals surface area contributed by atoms with E-state index in [2.05, 4.69) is 0 Å². The number of amides is 4. The summed E-state index contributed by atoms with van der Waals surface area (Å²) in [6, 6.07) is 32.1. The Morgan fingerprint density at radius 1 is 0.763 bits per heavy atom. The molecule has 2 heterocycles. The molecule has 4 amide bonds. The molecule has 296 valence electrons. The van der Waals surface area contributed by atoms with Crippen molar-refractivity contribution >= 4 is 58.8 Å². The Hall–Kier alpha value is -6.52. The predicted molar refractivity (Wildman–Crippen MR) is 222 cm³/mol. The number of methoxy groups -OCH3 is 2. The summed E-state index contributed by atoms with van der Waals surface area (Å²) in [6.07, 6.45) is 5.87. The highest BCUT2D eigenvalue weighted by atomic mass is 35.5. The number of carbonyl (C=O) groups excluding carboxylic acids is 4. The van der Waals surface area contributed by atoms with Crippen molar-refractivity contribution in [1.29, 1.82) is 0 Å². The van der Waals surface area contributed by atoms with Gasteiger partial charge in [-0.1, -0.05) is 96.1 Å². The first-order valence-electron chi connectivity index (χ1n) is 19.3. The van der Waals surface area contributed by atoms with E-state index in [9.17, 15) is 19.5 Å². The average Bonchev–Trinajstić information content (AvgIpc) is 3.65. The highest BCUT2D eigenvalue weighted by Gasteiger charge is 2.70. The number of halogens is 2. The lowest BCUT2D eigenvalue weighted by atomic mass is 9.49. The first-order valence-corrected chi connectivity index (χ1v) is 19.7. The number of rotatable bonds is 8. The molecule has 9 rings (SSSR count). The lowest BCUT2D eigenvalue weighted by Gasteiger charge is -2.50. The van der Waals surface area contributed by atoms with Gasteiger partial charge in [-0.3, -0.25) is 24.1 Å². The molecule has 5 aromatic carbocycles. The van der Waals surface area contributed by atoms with Gasteiger partial charge in [-0.2, -0.15) is 0 Å². The van der Waals surface area contributed by atoms with Crippen LogP contribution in [0.25, 0.3) is 12.2 Å². The van der Waals surface area contributed by atoms with Gasteiger partial charge >= 0.3 is 0 Å². The van der Waals surface area contributed by atoms with Gasteiger partial charge < -0.3 is 14.6 Å². The molecule has 5 aromatic rings. The van der Waals surface area contributed by atoms with Crippen LogP contribution in [0.5, 0.6) is 17.2 Å². The molecule has 9 nitrogen and oxygen atoms in total. The summed E-state index contributed by atoms with van der Waals surface area (Å²) in [7, 11) is 3.18. The number of nitrogens with zero attached hydrogens (tertiary/aromatic N) is 2. The number of phenols is 1. The molecule has 4 aliphatic rings. The molecule has 0 unspecified atom stereocenters. The third kappa shape index (κ3) is 5.87. The quantitative estimate of drug-likeness (QED) is 0.0948. The summed E-state index contributed by atoms with van der Waals surface area (Å²) < 4.78 is 26.3. The maximum atomic E-state index is 15.4. The van der Waals surface area contributed by atoms with Crippen molar-refractivity contribution in [3.8, 4) is 17.2 Å². The van der Waals surface area contributed by atoms with E-state index in [4.69, 9.17) is 21.1 Å². The molecule has 2 aliphatic heterocycles. The molecule has 6 atom stereocenters. The number of hydrogen-bond acceptors (Lipinski definition) is 7. The molecule has 2 aliphatic carbocycles. The van der Waals surface area contributed by atoms with Crippen molar-refractivity contribution in [2.45, 2.75) is 24.2 Å². The lowest BCUT2D eigenvalue weighted by Crippen LogP contribution is -2.53. The zero-order valence-corrected chi connectivity index (χ0v) is 32.8. The number of hydrogen-bond donors (Lipinski definition) is 1. The van der Waals surface area contributed by atoms with Gasteiger partial charge in [-0.15, -0.1) is 0 Å². The van der Waals surface area contributed by atoms with Gasteiger partial charge in [0.05, 0.1) is 48.8 Å². The normalized spacial score (nSPS) is 24.9. The van der Waals surface area contributed by atoms with Crippen LogP contribution in [-0.4, -0.2) is 43.0 Å². The smallest absolute Gasteiger partial charge is 0.246 e. The zero-order chi connectivity index (χ0) is 41.2. The highest BCUT2D eigenvalue weighted by molar-refractivity contribution is 6.32. The molecule has 0 spiro atoms. The summed E-state index contributed by atoms with van der Waals surface area (Å²) in [5.74, 6) is -6.47. The molecule has 11 heteroatoms. The topological polar surface area (TPSA) is 113 Å². The van der Waals surface area contributed by atoms with E-state index in [1.807, 2.05) is 48.6 Å². The van der Waals surface area contributed by atoms with Crippen LogP contribution in [-0.2, 0) is 24.6 Å². The second-order valence-electron chi connectivity index (χ2n) is 15.3. The van der Waals surface area contributed by atoms with Gasteiger partial charge in [-0.05, 0) is 84.5 Å². The van der Waals surface area contributed by atoms with Crippen molar-refractivity contribution in [1.82, 2.24) is 0 Å². The van der Waals surface area contributed by atoms with Crippen molar-refractivity contribution in [2.75, 3.05) is 24.0 Å². The van der Waals surface area contributed by atoms with Gasteiger partial charge in [0.1, 0.15) is 11.5 Å². The predicted octanol–water partition coefficient (Wildman–Crippen LogP) is 8.74. The number of aromatic hydroxyl groups is 1. The summed E-state index contributed by atoms with van der Waals surface area (Å²) in [6.45, 7) is 0. The number of phenolic OH excluding ortho intramolecular Hbond substituents is 1. The Morgan fingerprint density at radius 3 is 2.25 bits per heavy atom. The minimum Gasteiger partial charge on any atom is -0.505 e. The Balaban J connectivity index is 1.12. The lowest BCUT2D eigenvalue weighted by molar-refractivity contribution is -0.127. The maximum Gasteiger partial charge on any atom is 0.246 e. The summed E-state index contributed by atoms with van der Waals surface area (Å²) in [4.78, 5) is 61.7. The second-order valence-corrected chi connectivity index (χ2v) is 15.8. The number of fused-ring (bicyclic) bond motifs is 4. The minimum atomic E-state index is -1.65. The number of allylic oxidation sites excluding steroid dienone is 2. The number of ether oxygens (including phenoxy) is 2. The van der Waals surface area contributed by atoms with Gasteiger partial charge in [0.15, 0.2) is 11.6 Å². The monoisotopic (exact) mass is 808 g/mol. The molecule has 3 fully saturated rings. The van der Waals surface area contributed by atoms with E-state index in [0.717, 1.165) is 22.1 Å². The van der Waals surface area contributed by atoms with Crippen LogP contribution in [0.1, 0.15) is 41.0 Å². The van der Waals surface area contributed by atoms with Crippen LogP contribution >= 0.6 is 11.6 Å². The van der Waals surface area contributed by atoms with E-state index in [-0.39, 0.29) is 30.0 Å². The molecular formula is C48H38ClFN2O7. The molecule has 0 radical (unpaired) electrons. The molecule has 59 heavy (non-hydrogen) atoms. The molecule has 1 saturated carbocycles. The van der Waals surface area contributed by atoms with Crippen LogP contribution in [0, 0.1) is 29.5 Å². The Bertz CT molecular complexity index is 2610. The third-order valence-corrected chi connectivity index (χ3v) is 12.8. The molecule has 0 bridgehead atoms. The number of para-hydroxylation sites is 1. The molecule has 0 aromatic heterocycles. The fourth-order valence-corrected chi connectivity index (χ4v) is 10.2. The summed E-state index contributed by atoms with van der Waals surface area (Å²) >= 11 is 6.39. The van der Waals surface area contributed by atoms with E-state index in [0.29, 0.717) is 33.3 Å². The van der Waals surface area contributed by atoms with Crippen molar-refractivity contribution < 1.29 is 38.1 Å². The number of anilines is 2. The van der Waals surface area contributed by atoms with Gasteiger partial charge in [-0.25, -0.2) is 9.29 Å². The Kier molecular flexibility index (Phi) is 9.47. The van der Waals surface area contributed by atoms with Crippen molar-refractivity contribution in [3.05, 3.63) is 160 Å². The average molecular weight is 809 g/mol. The number of carbonyl (C=O) groups is 4. The Morgan fingerprint density at radius 2 is 1.53 bits per heavy atom. The molecule has 2 saturated heterocycles. The van der Waals surface area contributed by atoms with E-state index < -0.39 is 64.3 Å². The first-order chi connectivity index (χ1) is 28.6. The molecular weight excluding hydrogens is 771 g/mol. The van der Waals surface area contributed by atoms with E-state index in [1.54, 1.807) is 80.9 Å². The van der Waals surface area contributed by atoms with Crippen LogP contribution in [0.4, 0.5) is 15.8 Å². The van der Waals surface area contributed by atoms with Crippen LogP contribution < -0.4 is 19.3 Å². The Labute approximate surface area is 344 Å².